The van der Waals surface area contributed by atoms with Crippen molar-refractivity contribution in [2.75, 3.05) is 13.7 Å². The van der Waals surface area contributed by atoms with E-state index < -0.39 is 10.0 Å². The molecule has 0 aliphatic carbocycles. The molecule has 0 unspecified atom stereocenters. The van der Waals surface area contributed by atoms with Crippen LogP contribution < -0.4 is 14.2 Å². The largest absolute Gasteiger partial charge is 0.493 e. The molecule has 2 aromatic carbocycles. The molecule has 0 bridgehead atoms. The van der Waals surface area contributed by atoms with E-state index in [4.69, 9.17) is 21.1 Å². The Bertz CT molecular complexity index is 805. The molecule has 3 rings (SSSR count). The maximum atomic E-state index is 12.4. The van der Waals surface area contributed by atoms with Gasteiger partial charge >= 0.3 is 0 Å². The maximum absolute atomic E-state index is 12.4. The minimum absolute atomic E-state index is 0.179. The van der Waals surface area contributed by atoms with Gasteiger partial charge in [-0.05, 0) is 42.3 Å². The highest BCUT2D eigenvalue weighted by molar-refractivity contribution is 7.89. The summed E-state index contributed by atoms with van der Waals surface area (Å²) in [4.78, 5) is 0.179. The van der Waals surface area contributed by atoms with Crippen LogP contribution >= 0.6 is 11.6 Å². The lowest BCUT2D eigenvalue weighted by Crippen LogP contribution is -2.42. The van der Waals surface area contributed by atoms with Gasteiger partial charge in [0.15, 0.2) is 11.5 Å². The number of ether oxygens (including phenoxy) is 2. The molecule has 0 amide bonds. The molecule has 122 valence electrons. The van der Waals surface area contributed by atoms with Gasteiger partial charge in [-0.25, -0.2) is 13.1 Å². The summed E-state index contributed by atoms with van der Waals surface area (Å²) in [6, 6.07) is 11.3. The fraction of sp³-hybridized carbons (Fsp3) is 0.250. The lowest BCUT2D eigenvalue weighted by molar-refractivity contribution is 0.240. The summed E-state index contributed by atoms with van der Waals surface area (Å²) in [6.07, 6.45) is 0.541. The molecule has 1 N–H and O–H groups in total. The number of benzene rings is 2. The minimum atomic E-state index is -3.61. The van der Waals surface area contributed by atoms with Crippen LogP contribution in [0.4, 0.5) is 0 Å². The third-order valence-corrected chi connectivity index (χ3v) is 5.41. The third-order valence-electron chi connectivity index (χ3n) is 3.62. The number of rotatable bonds is 4. The Morgan fingerprint density at radius 3 is 2.65 bits per heavy atom. The molecule has 0 saturated carbocycles. The summed E-state index contributed by atoms with van der Waals surface area (Å²) in [7, 11) is -2.04. The minimum Gasteiger partial charge on any atom is -0.493 e. The number of nitrogens with one attached hydrogen (secondary N) is 1. The van der Waals surface area contributed by atoms with Crippen molar-refractivity contribution < 1.29 is 17.9 Å². The van der Waals surface area contributed by atoms with E-state index >= 15 is 0 Å². The van der Waals surface area contributed by atoms with Crippen molar-refractivity contribution in [1.82, 2.24) is 4.72 Å². The summed E-state index contributed by atoms with van der Waals surface area (Å²) in [6.45, 7) is 0.250. The van der Waals surface area contributed by atoms with Crippen molar-refractivity contribution in [3.63, 3.8) is 0 Å². The van der Waals surface area contributed by atoms with Crippen molar-refractivity contribution in [3.05, 3.63) is 53.1 Å². The molecule has 1 aliphatic heterocycles. The summed E-state index contributed by atoms with van der Waals surface area (Å²) >= 11 is 5.79. The molecule has 5 nitrogen and oxygen atoms in total. The normalized spacial score (nSPS) is 17.2. The van der Waals surface area contributed by atoms with E-state index in [1.807, 2.05) is 18.2 Å². The van der Waals surface area contributed by atoms with Crippen LogP contribution in [0.1, 0.15) is 5.56 Å². The number of hydrogen-bond donors (Lipinski definition) is 1. The zero-order chi connectivity index (χ0) is 16.4. The van der Waals surface area contributed by atoms with Gasteiger partial charge in [-0.2, -0.15) is 0 Å². The average molecular weight is 354 g/mol. The number of halogens is 1. The van der Waals surface area contributed by atoms with Crippen molar-refractivity contribution in [2.24, 2.45) is 0 Å². The van der Waals surface area contributed by atoms with Gasteiger partial charge in [0.25, 0.3) is 0 Å². The number of fused-ring (bicyclic) bond motifs is 1. The van der Waals surface area contributed by atoms with E-state index in [1.165, 1.54) is 12.1 Å². The molecule has 1 heterocycles. The zero-order valence-electron chi connectivity index (χ0n) is 12.5. The van der Waals surface area contributed by atoms with Crippen LogP contribution in [0.2, 0.25) is 5.02 Å². The van der Waals surface area contributed by atoms with E-state index in [-0.39, 0.29) is 17.5 Å². The van der Waals surface area contributed by atoms with Gasteiger partial charge in [-0.15, -0.1) is 0 Å². The summed E-state index contributed by atoms with van der Waals surface area (Å²) in [5.74, 6) is 1.33. The maximum Gasteiger partial charge on any atom is 0.240 e. The first-order chi connectivity index (χ1) is 11.0. The van der Waals surface area contributed by atoms with Crippen LogP contribution in [-0.4, -0.2) is 28.2 Å². The number of para-hydroxylation sites is 1. The fourth-order valence-electron chi connectivity index (χ4n) is 2.53. The summed E-state index contributed by atoms with van der Waals surface area (Å²) < 4.78 is 38.4. The first-order valence-electron chi connectivity index (χ1n) is 7.06. The smallest absolute Gasteiger partial charge is 0.240 e. The predicted molar refractivity (Wildman–Crippen MR) is 87.8 cm³/mol. The standard InChI is InChI=1S/C16H16ClNO4S/c1-21-15-4-2-3-11-9-13(10-22-16(11)15)18-23(19,20)14-7-5-12(17)6-8-14/h2-8,13,18H,9-10H2,1H3/t13-/m0/s1. The summed E-state index contributed by atoms with van der Waals surface area (Å²) in [5.41, 5.74) is 0.916. The van der Waals surface area contributed by atoms with Crippen LogP contribution in [0.5, 0.6) is 11.5 Å². The van der Waals surface area contributed by atoms with Crippen molar-refractivity contribution in [2.45, 2.75) is 17.4 Å². The van der Waals surface area contributed by atoms with Crippen molar-refractivity contribution in [1.29, 1.82) is 0 Å². The molecular formula is C16H16ClNO4S. The highest BCUT2D eigenvalue weighted by Gasteiger charge is 2.27. The molecular weight excluding hydrogens is 338 g/mol. The molecule has 0 aromatic heterocycles. The monoisotopic (exact) mass is 353 g/mol. The Balaban J connectivity index is 1.78. The van der Waals surface area contributed by atoms with Crippen molar-refractivity contribution >= 4 is 21.6 Å². The second-order valence-electron chi connectivity index (χ2n) is 5.24. The highest BCUT2D eigenvalue weighted by Crippen LogP contribution is 2.34. The Kier molecular flexibility index (Phi) is 4.48. The van der Waals surface area contributed by atoms with E-state index in [1.54, 1.807) is 19.2 Å². The van der Waals surface area contributed by atoms with Gasteiger partial charge < -0.3 is 9.47 Å². The predicted octanol–water partition coefficient (Wildman–Crippen LogP) is 2.63. The molecule has 1 atom stereocenters. The second kappa shape index (κ2) is 6.39. The van der Waals surface area contributed by atoms with Gasteiger partial charge in [0.1, 0.15) is 6.61 Å². The van der Waals surface area contributed by atoms with Crippen LogP contribution in [0.25, 0.3) is 0 Å². The number of sulfonamides is 1. The van der Waals surface area contributed by atoms with Crippen LogP contribution in [0.15, 0.2) is 47.4 Å². The molecule has 0 radical (unpaired) electrons. The van der Waals surface area contributed by atoms with E-state index in [0.717, 1.165) is 5.56 Å². The van der Waals surface area contributed by atoms with Gasteiger partial charge in [0.2, 0.25) is 10.0 Å². The fourth-order valence-corrected chi connectivity index (χ4v) is 3.88. The van der Waals surface area contributed by atoms with E-state index in [0.29, 0.717) is 22.9 Å². The Labute approximate surface area is 140 Å². The number of methoxy groups -OCH3 is 1. The number of hydrogen-bond acceptors (Lipinski definition) is 4. The highest BCUT2D eigenvalue weighted by atomic mass is 35.5. The first-order valence-corrected chi connectivity index (χ1v) is 8.92. The van der Waals surface area contributed by atoms with Crippen LogP contribution in [0.3, 0.4) is 0 Å². The van der Waals surface area contributed by atoms with Gasteiger partial charge in [-0.1, -0.05) is 23.7 Å². The second-order valence-corrected chi connectivity index (χ2v) is 7.39. The van der Waals surface area contributed by atoms with E-state index in [9.17, 15) is 8.42 Å². The first kappa shape index (κ1) is 16.1. The zero-order valence-corrected chi connectivity index (χ0v) is 14.0. The molecule has 0 saturated heterocycles. The lowest BCUT2D eigenvalue weighted by Gasteiger charge is -2.27. The Hall–Kier alpha value is -1.76. The van der Waals surface area contributed by atoms with Crippen LogP contribution in [0, 0.1) is 0 Å². The van der Waals surface area contributed by atoms with Gasteiger partial charge in [0, 0.05) is 5.02 Å². The lowest BCUT2D eigenvalue weighted by atomic mass is 10.0. The average Bonchev–Trinajstić information content (AvgIpc) is 2.54. The van der Waals surface area contributed by atoms with Gasteiger partial charge in [0.05, 0.1) is 18.0 Å². The van der Waals surface area contributed by atoms with Crippen molar-refractivity contribution in [3.8, 4) is 11.5 Å². The van der Waals surface area contributed by atoms with E-state index in [2.05, 4.69) is 4.72 Å². The molecule has 0 spiro atoms. The molecule has 1 aliphatic rings. The summed E-state index contributed by atoms with van der Waals surface area (Å²) in [5, 5.41) is 0.492. The molecule has 2 aromatic rings. The Morgan fingerprint density at radius 2 is 1.96 bits per heavy atom. The SMILES string of the molecule is COc1cccc2c1OC[C@@H](NS(=O)(=O)c1ccc(Cl)cc1)C2. The molecule has 7 heteroatoms. The molecule has 23 heavy (non-hydrogen) atoms. The third kappa shape index (κ3) is 3.44. The van der Waals surface area contributed by atoms with Gasteiger partial charge in [-0.3, -0.25) is 0 Å². The Morgan fingerprint density at radius 1 is 1.22 bits per heavy atom. The molecule has 0 fully saturated rings. The van der Waals surface area contributed by atoms with Crippen LogP contribution in [-0.2, 0) is 16.4 Å². The topological polar surface area (TPSA) is 64.6 Å². The quantitative estimate of drug-likeness (QED) is 0.917.